The Morgan fingerprint density at radius 2 is 2.00 bits per heavy atom. The van der Waals surface area contributed by atoms with E-state index < -0.39 is 0 Å². The van der Waals surface area contributed by atoms with Crippen LogP contribution in [-0.2, 0) is 4.79 Å². The molecule has 1 heterocycles. The van der Waals surface area contributed by atoms with E-state index in [-0.39, 0.29) is 17.7 Å². The number of aryl methyl sites for hydroxylation is 1. The molecule has 0 aliphatic carbocycles. The van der Waals surface area contributed by atoms with Crippen molar-refractivity contribution < 1.29 is 4.79 Å². The molecule has 0 bridgehead atoms. The molecule has 1 atom stereocenters. The molecule has 0 saturated carbocycles. The molecule has 0 aliphatic heterocycles. The van der Waals surface area contributed by atoms with Crippen LogP contribution in [0.4, 0.5) is 0 Å². The van der Waals surface area contributed by atoms with Gasteiger partial charge in [0.05, 0.1) is 11.8 Å². The van der Waals surface area contributed by atoms with Crippen LogP contribution in [0.1, 0.15) is 24.1 Å². The molecule has 6 nitrogen and oxygen atoms in total. The Morgan fingerprint density at radius 1 is 1.26 bits per heavy atom. The van der Waals surface area contributed by atoms with E-state index >= 15 is 0 Å². The van der Waals surface area contributed by atoms with Crippen LogP contribution in [-0.4, -0.2) is 26.5 Å². The van der Waals surface area contributed by atoms with Crippen molar-refractivity contribution in [3.63, 3.8) is 0 Å². The van der Waals surface area contributed by atoms with Crippen molar-refractivity contribution in [3.8, 4) is 11.4 Å². The molecule has 3 N–H and O–H groups in total. The van der Waals surface area contributed by atoms with Crippen molar-refractivity contribution in [2.75, 3.05) is 11.6 Å². The zero-order valence-electron chi connectivity index (χ0n) is 15.0. The lowest BCUT2D eigenvalue weighted by Gasteiger charge is -2.14. The summed E-state index contributed by atoms with van der Waals surface area (Å²) in [6.07, 6.45) is 0. The first-order chi connectivity index (χ1) is 12.9. The lowest BCUT2D eigenvalue weighted by molar-refractivity contribution is -0.119. The Bertz CT molecular complexity index is 942. The predicted molar refractivity (Wildman–Crippen MR) is 109 cm³/mol. The minimum absolute atomic E-state index is 0.118. The molecule has 1 amide bonds. The third kappa shape index (κ3) is 4.81. The molecule has 1 aromatic heterocycles. The van der Waals surface area contributed by atoms with Gasteiger partial charge in [-0.15, -0.1) is 10.2 Å². The molecule has 2 aromatic carbocycles. The number of hydrogen-bond acceptors (Lipinski definition) is 5. The normalized spacial score (nSPS) is 12.0. The molecular weight excluding hydrogens is 382 g/mol. The van der Waals surface area contributed by atoms with E-state index in [4.69, 9.17) is 17.4 Å². The molecule has 3 aromatic rings. The maximum absolute atomic E-state index is 12.2. The van der Waals surface area contributed by atoms with Crippen LogP contribution in [0.3, 0.4) is 0 Å². The lowest BCUT2D eigenvalue weighted by atomic mass is 10.1. The maximum atomic E-state index is 12.2. The van der Waals surface area contributed by atoms with Crippen LogP contribution >= 0.6 is 23.4 Å². The van der Waals surface area contributed by atoms with Gasteiger partial charge in [0.25, 0.3) is 0 Å². The van der Waals surface area contributed by atoms with Crippen molar-refractivity contribution >= 4 is 29.3 Å². The Labute approximate surface area is 167 Å². The van der Waals surface area contributed by atoms with Gasteiger partial charge in [-0.2, -0.15) is 0 Å². The van der Waals surface area contributed by atoms with Gasteiger partial charge in [0, 0.05) is 10.6 Å². The van der Waals surface area contributed by atoms with Crippen LogP contribution < -0.4 is 11.2 Å². The number of hydrogen-bond donors (Lipinski definition) is 2. The van der Waals surface area contributed by atoms with Gasteiger partial charge in [0.2, 0.25) is 11.1 Å². The molecule has 140 valence electrons. The number of nitrogens with zero attached hydrogens (tertiary/aromatic N) is 3. The summed E-state index contributed by atoms with van der Waals surface area (Å²) < 4.78 is 1.41. The van der Waals surface area contributed by atoms with Crippen molar-refractivity contribution in [2.24, 2.45) is 0 Å². The van der Waals surface area contributed by atoms with E-state index in [9.17, 15) is 4.79 Å². The SMILES string of the molecule is Cc1ccc(-c2nnc(SCC(=O)N[C@H](C)c3cccc(Cl)c3)n2N)cc1. The van der Waals surface area contributed by atoms with Crippen molar-refractivity contribution in [1.82, 2.24) is 20.2 Å². The third-order valence-electron chi connectivity index (χ3n) is 4.03. The van der Waals surface area contributed by atoms with E-state index in [1.807, 2.05) is 56.3 Å². The fraction of sp³-hybridized carbons (Fsp3) is 0.211. The number of amides is 1. The molecule has 0 fully saturated rings. The fourth-order valence-corrected chi connectivity index (χ4v) is 3.41. The van der Waals surface area contributed by atoms with Crippen LogP contribution in [0.5, 0.6) is 0 Å². The van der Waals surface area contributed by atoms with E-state index in [1.165, 1.54) is 16.4 Å². The monoisotopic (exact) mass is 401 g/mol. The number of rotatable bonds is 6. The summed E-state index contributed by atoms with van der Waals surface area (Å²) in [5.41, 5.74) is 2.98. The molecule has 0 unspecified atom stereocenters. The van der Waals surface area contributed by atoms with Gasteiger partial charge in [-0.3, -0.25) is 4.79 Å². The third-order valence-corrected chi connectivity index (χ3v) is 5.21. The number of nitrogens with two attached hydrogens (primary N) is 1. The van der Waals surface area contributed by atoms with Crippen LogP contribution in [0.15, 0.2) is 53.7 Å². The number of carbonyl (C=O) groups excluding carboxylic acids is 1. The quantitative estimate of drug-likeness (QED) is 0.487. The minimum atomic E-state index is -0.143. The summed E-state index contributed by atoms with van der Waals surface area (Å²) in [6.45, 7) is 3.93. The first-order valence-electron chi connectivity index (χ1n) is 8.39. The van der Waals surface area contributed by atoms with Gasteiger partial charge in [0.15, 0.2) is 5.82 Å². The maximum Gasteiger partial charge on any atom is 0.230 e. The average molecular weight is 402 g/mol. The molecule has 0 radical (unpaired) electrons. The highest BCUT2D eigenvalue weighted by molar-refractivity contribution is 7.99. The minimum Gasteiger partial charge on any atom is -0.349 e. The second-order valence-corrected chi connectivity index (χ2v) is 7.55. The smallest absolute Gasteiger partial charge is 0.230 e. The zero-order valence-corrected chi connectivity index (χ0v) is 16.6. The van der Waals surface area contributed by atoms with Crippen LogP contribution in [0.25, 0.3) is 11.4 Å². The Morgan fingerprint density at radius 3 is 2.70 bits per heavy atom. The van der Waals surface area contributed by atoms with Crippen LogP contribution in [0, 0.1) is 6.92 Å². The number of nitrogen functional groups attached to an aromatic ring is 1. The summed E-state index contributed by atoms with van der Waals surface area (Å²) in [7, 11) is 0. The number of benzene rings is 2. The molecule has 0 saturated heterocycles. The average Bonchev–Trinajstić information content (AvgIpc) is 3.01. The Hall–Kier alpha value is -2.51. The van der Waals surface area contributed by atoms with Gasteiger partial charge in [0.1, 0.15) is 0 Å². The molecule has 8 heteroatoms. The van der Waals surface area contributed by atoms with Gasteiger partial charge >= 0.3 is 0 Å². The summed E-state index contributed by atoms with van der Waals surface area (Å²) in [4.78, 5) is 12.2. The highest BCUT2D eigenvalue weighted by atomic mass is 35.5. The van der Waals surface area contributed by atoms with E-state index in [0.717, 1.165) is 16.7 Å². The largest absolute Gasteiger partial charge is 0.349 e. The Balaban J connectivity index is 1.60. The Kier molecular flexibility index (Phi) is 6.03. The number of thioether (sulfide) groups is 1. The van der Waals surface area contributed by atoms with E-state index in [0.29, 0.717) is 16.0 Å². The molecule has 27 heavy (non-hydrogen) atoms. The summed E-state index contributed by atoms with van der Waals surface area (Å²) >= 11 is 7.24. The van der Waals surface area contributed by atoms with E-state index in [1.54, 1.807) is 6.07 Å². The van der Waals surface area contributed by atoms with Crippen molar-refractivity contribution in [2.45, 2.75) is 25.0 Å². The molecule has 0 aliphatic rings. The first-order valence-corrected chi connectivity index (χ1v) is 9.75. The number of nitrogens with one attached hydrogen (secondary N) is 1. The summed E-state index contributed by atoms with van der Waals surface area (Å²) in [5.74, 6) is 6.72. The van der Waals surface area contributed by atoms with Gasteiger partial charge in [-0.05, 0) is 31.5 Å². The topological polar surface area (TPSA) is 85.8 Å². The fourth-order valence-electron chi connectivity index (χ4n) is 2.55. The predicted octanol–water partition coefficient (Wildman–Crippen LogP) is 3.59. The number of aromatic nitrogens is 3. The second kappa shape index (κ2) is 8.45. The zero-order chi connectivity index (χ0) is 19.4. The first kappa shape index (κ1) is 19.3. The summed E-state index contributed by atoms with van der Waals surface area (Å²) in [5, 5.41) is 12.3. The number of carbonyl (C=O) groups is 1. The molecule has 3 rings (SSSR count). The van der Waals surface area contributed by atoms with Crippen LogP contribution in [0.2, 0.25) is 5.02 Å². The van der Waals surface area contributed by atoms with Gasteiger partial charge in [-0.1, -0.05) is 65.3 Å². The molecule has 0 spiro atoms. The van der Waals surface area contributed by atoms with Gasteiger partial charge in [-0.25, -0.2) is 4.68 Å². The summed E-state index contributed by atoms with van der Waals surface area (Å²) in [6, 6.07) is 15.1. The van der Waals surface area contributed by atoms with Gasteiger partial charge < -0.3 is 11.2 Å². The highest BCUT2D eigenvalue weighted by Crippen LogP contribution is 2.22. The van der Waals surface area contributed by atoms with E-state index in [2.05, 4.69) is 15.5 Å². The van der Waals surface area contributed by atoms with Crippen molar-refractivity contribution in [1.29, 1.82) is 0 Å². The number of halogens is 1. The standard InChI is InChI=1S/C19H20ClN5OS/c1-12-6-8-14(9-7-12)18-23-24-19(25(18)21)27-11-17(26)22-13(2)15-4-3-5-16(20)10-15/h3-10,13H,11,21H2,1-2H3,(H,22,26)/t13-/m1/s1. The second-order valence-electron chi connectivity index (χ2n) is 6.18. The lowest BCUT2D eigenvalue weighted by Crippen LogP contribution is -2.28. The van der Waals surface area contributed by atoms with Crippen molar-refractivity contribution in [3.05, 3.63) is 64.7 Å². The highest BCUT2D eigenvalue weighted by Gasteiger charge is 2.15. The molecular formula is C19H20ClN5OS.